The Morgan fingerprint density at radius 3 is 2.69 bits per heavy atom. The molecule has 2 aromatic carbocycles. The number of carbonyl (C=O) groups excluding carboxylic acids is 1. The van der Waals surface area contributed by atoms with Gasteiger partial charge >= 0.3 is 0 Å². The number of fused-ring (bicyclic) bond motifs is 3. The zero-order valence-electron chi connectivity index (χ0n) is 15.9. The van der Waals surface area contributed by atoms with Crippen LogP contribution in [-0.4, -0.2) is 29.0 Å². The van der Waals surface area contributed by atoms with Crippen LogP contribution in [0.3, 0.4) is 0 Å². The monoisotopic (exact) mass is 428 g/mol. The van der Waals surface area contributed by atoms with Crippen LogP contribution in [0.25, 0.3) is 0 Å². The lowest BCUT2D eigenvalue weighted by atomic mass is 9.76. The van der Waals surface area contributed by atoms with Crippen molar-refractivity contribution < 1.29 is 9.90 Å². The SMILES string of the molecule is O=C(c1ccc2c(c1)C1C=CCC1C(c1cc(Cl)cc(Cl)c1O)N2)N1CCCC1. The molecule has 1 amide bonds. The summed E-state index contributed by atoms with van der Waals surface area (Å²) < 4.78 is 0. The average molecular weight is 429 g/mol. The van der Waals surface area contributed by atoms with Crippen LogP contribution in [0.15, 0.2) is 42.5 Å². The first-order valence-electron chi connectivity index (χ1n) is 10.1. The molecule has 2 N–H and O–H groups in total. The van der Waals surface area contributed by atoms with E-state index in [2.05, 4.69) is 17.5 Å². The maximum Gasteiger partial charge on any atom is 0.253 e. The van der Waals surface area contributed by atoms with E-state index in [0.717, 1.165) is 49.2 Å². The van der Waals surface area contributed by atoms with Crippen molar-refractivity contribution in [3.05, 3.63) is 69.2 Å². The average Bonchev–Trinajstić information content (AvgIpc) is 3.41. The number of likely N-dealkylation sites (tertiary alicyclic amines) is 1. The van der Waals surface area contributed by atoms with Crippen LogP contribution in [0, 0.1) is 5.92 Å². The minimum absolute atomic E-state index is 0.0727. The van der Waals surface area contributed by atoms with Gasteiger partial charge in [0.05, 0.1) is 11.1 Å². The summed E-state index contributed by atoms with van der Waals surface area (Å²) in [5.74, 6) is 0.591. The molecule has 0 spiro atoms. The van der Waals surface area contributed by atoms with Gasteiger partial charge in [0.15, 0.2) is 0 Å². The number of phenols is 1. The van der Waals surface area contributed by atoms with Crippen molar-refractivity contribution >= 4 is 34.8 Å². The van der Waals surface area contributed by atoms with E-state index in [1.54, 1.807) is 12.1 Å². The van der Waals surface area contributed by atoms with Crippen LogP contribution >= 0.6 is 23.2 Å². The highest BCUT2D eigenvalue weighted by molar-refractivity contribution is 6.35. The molecule has 2 aromatic rings. The van der Waals surface area contributed by atoms with Gasteiger partial charge in [-0.15, -0.1) is 0 Å². The predicted octanol–water partition coefficient (Wildman–Crippen LogP) is 5.76. The predicted molar refractivity (Wildman–Crippen MR) is 116 cm³/mol. The van der Waals surface area contributed by atoms with Gasteiger partial charge in [0.2, 0.25) is 0 Å². The number of rotatable bonds is 2. The van der Waals surface area contributed by atoms with E-state index < -0.39 is 0 Å². The number of hydrogen-bond acceptors (Lipinski definition) is 3. The molecule has 4 nitrogen and oxygen atoms in total. The van der Waals surface area contributed by atoms with E-state index in [9.17, 15) is 9.90 Å². The fourth-order valence-corrected chi connectivity index (χ4v) is 5.47. The maximum absolute atomic E-state index is 12.9. The van der Waals surface area contributed by atoms with Crippen molar-refractivity contribution in [1.29, 1.82) is 0 Å². The van der Waals surface area contributed by atoms with Crippen molar-refractivity contribution in [2.45, 2.75) is 31.2 Å². The number of phenolic OH excluding ortho intramolecular Hbond substituents is 1. The Morgan fingerprint density at radius 2 is 1.90 bits per heavy atom. The second kappa shape index (κ2) is 7.26. The molecule has 0 saturated carbocycles. The van der Waals surface area contributed by atoms with Crippen molar-refractivity contribution in [2.24, 2.45) is 5.92 Å². The Bertz CT molecular complexity index is 1010. The number of allylic oxidation sites excluding steroid dienone is 2. The summed E-state index contributed by atoms with van der Waals surface area (Å²) in [5.41, 5.74) is 3.58. The van der Waals surface area contributed by atoms with Crippen LogP contribution < -0.4 is 5.32 Å². The molecule has 0 radical (unpaired) electrons. The van der Waals surface area contributed by atoms with Crippen LogP contribution in [-0.2, 0) is 0 Å². The van der Waals surface area contributed by atoms with E-state index in [1.165, 1.54) is 0 Å². The minimum Gasteiger partial charge on any atom is -0.506 e. The number of aromatic hydroxyl groups is 1. The van der Waals surface area contributed by atoms with Crippen LogP contribution in [0.4, 0.5) is 5.69 Å². The highest BCUT2D eigenvalue weighted by Crippen LogP contribution is 2.52. The molecule has 0 bridgehead atoms. The van der Waals surface area contributed by atoms with E-state index in [-0.39, 0.29) is 34.6 Å². The Balaban J connectivity index is 1.53. The first-order valence-corrected chi connectivity index (χ1v) is 10.8. The molecule has 3 atom stereocenters. The summed E-state index contributed by atoms with van der Waals surface area (Å²) in [6.07, 6.45) is 7.44. The standard InChI is InChI=1S/C23H22Cl2N2O2/c24-14-11-18(22(28)19(25)12-14)21-16-5-3-4-15(16)17-10-13(6-7-20(17)26-21)23(29)27-8-1-2-9-27/h3-4,6-7,10-12,15-16,21,26,28H,1-2,5,8-9H2. The number of hydrogen-bond donors (Lipinski definition) is 2. The first kappa shape index (κ1) is 18.8. The molecule has 1 aliphatic carbocycles. The van der Waals surface area contributed by atoms with Gasteiger partial charge in [-0.2, -0.15) is 0 Å². The summed E-state index contributed by atoms with van der Waals surface area (Å²) in [6, 6.07) is 9.15. The third kappa shape index (κ3) is 3.19. The Labute approximate surface area is 180 Å². The number of nitrogens with one attached hydrogen (secondary N) is 1. The van der Waals surface area contributed by atoms with Gasteiger partial charge in [0.1, 0.15) is 5.75 Å². The second-order valence-corrected chi connectivity index (χ2v) is 8.95. The zero-order chi connectivity index (χ0) is 20.1. The molecular formula is C23H22Cl2N2O2. The van der Waals surface area contributed by atoms with Crippen LogP contribution in [0.2, 0.25) is 10.0 Å². The molecule has 150 valence electrons. The van der Waals surface area contributed by atoms with Gasteiger partial charge < -0.3 is 15.3 Å². The normalized spacial score (nSPS) is 24.9. The number of nitrogens with zero attached hydrogens (tertiary/aromatic N) is 1. The Hall–Kier alpha value is -2.17. The molecule has 3 unspecified atom stereocenters. The highest BCUT2D eigenvalue weighted by Gasteiger charge is 2.39. The van der Waals surface area contributed by atoms with Crippen LogP contribution in [0.1, 0.15) is 52.7 Å². The zero-order valence-corrected chi connectivity index (χ0v) is 17.4. The topological polar surface area (TPSA) is 52.6 Å². The summed E-state index contributed by atoms with van der Waals surface area (Å²) in [7, 11) is 0. The smallest absolute Gasteiger partial charge is 0.253 e. The largest absolute Gasteiger partial charge is 0.506 e. The van der Waals surface area contributed by atoms with Gasteiger partial charge in [0, 0.05) is 40.8 Å². The highest BCUT2D eigenvalue weighted by atomic mass is 35.5. The van der Waals surface area contributed by atoms with Gasteiger partial charge in [-0.05, 0) is 61.1 Å². The van der Waals surface area contributed by atoms with E-state index in [1.807, 2.05) is 23.1 Å². The molecule has 3 aliphatic rings. The van der Waals surface area contributed by atoms with Crippen molar-refractivity contribution in [2.75, 3.05) is 18.4 Å². The molecular weight excluding hydrogens is 407 g/mol. The fraction of sp³-hybridized carbons (Fsp3) is 0.348. The second-order valence-electron chi connectivity index (χ2n) is 8.10. The third-order valence-corrected chi connectivity index (χ3v) is 6.90. The number of carbonyl (C=O) groups is 1. The van der Waals surface area contributed by atoms with Gasteiger partial charge in [0.25, 0.3) is 5.91 Å². The molecule has 29 heavy (non-hydrogen) atoms. The number of anilines is 1. The summed E-state index contributed by atoms with van der Waals surface area (Å²) in [4.78, 5) is 14.8. The van der Waals surface area contributed by atoms with Crippen molar-refractivity contribution in [1.82, 2.24) is 4.90 Å². The van der Waals surface area contributed by atoms with Gasteiger partial charge in [-0.25, -0.2) is 0 Å². The Kier molecular flexibility index (Phi) is 4.72. The molecule has 5 rings (SSSR count). The van der Waals surface area contributed by atoms with E-state index in [4.69, 9.17) is 23.2 Å². The maximum atomic E-state index is 12.9. The molecule has 0 aromatic heterocycles. The first-order chi connectivity index (χ1) is 14.0. The van der Waals surface area contributed by atoms with Crippen molar-refractivity contribution in [3.8, 4) is 5.75 Å². The van der Waals surface area contributed by atoms with Crippen LogP contribution in [0.5, 0.6) is 5.75 Å². The number of halogens is 2. The van der Waals surface area contributed by atoms with E-state index in [0.29, 0.717) is 10.6 Å². The fourth-order valence-electron chi connectivity index (χ4n) is 4.96. The van der Waals surface area contributed by atoms with E-state index >= 15 is 0 Å². The lowest BCUT2D eigenvalue weighted by molar-refractivity contribution is 0.0792. The van der Waals surface area contributed by atoms with Gasteiger partial charge in [-0.3, -0.25) is 4.79 Å². The quantitative estimate of drug-likeness (QED) is 0.597. The lowest BCUT2D eigenvalue weighted by Crippen LogP contribution is -2.31. The summed E-state index contributed by atoms with van der Waals surface area (Å²) >= 11 is 12.4. The molecule has 2 aliphatic heterocycles. The molecule has 1 saturated heterocycles. The Morgan fingerprint density at radius 1 is 1.10 bits per heavy atom. The lowest BCUT2D eigenvalue weighted by Gasteiger charge is -2.38. The molecule has 6 heteroatoms. The summed E-state index contributed by atoms with van der Waals surface area (Å²) in [5, 5.41) is 14.9. The van der Waals surface area contributed by atoms with Gasteiger partial charge in [-0.1, -0.05) is 35.4 Å². The minimum atomic E-state index is -0.112. The summed E-state index contributed by atoms with van der Waals surface area (Å²) in [6.45, 7) is 1.69. The number of amides is 1. The molecule has 2 heterocycles. The van der Waals surface area contributed by atoms with Crippen molar-refractivity contribution in [3.63, 3.8) is 0 Å². The third-order valence-electron chi connectivity index (χ3n) is 6.40. The number of benzene rings is 2. The molecule has 1 fully saturated rings.